The number of rotatable bonds is 38. The molecule has 0 saturated heterocycles. The Hall–Kier alpha value is -2.18. The van der Waals surface area contributed by atoms with Crippen LogP contribution < -0.4 is 5.32 Å². The summed E-state index contributed by atoms with van der Waals surface area (Å²) in [5.74, 6) is -0.153. The SMILES string of the molecule is CCC/C=C\C/C=C\CCCCCCCC(=O)OCCCC/C=C\CCCCCCCC(=O)NC(CO)C(O)/C=C/CCCCCCCCCC. The molecule has 0 aliphatic rings. The van der Waals surface area contributed by atoms with Crippen LogP contribution in [0.15, 0.2) is 48.6 Å². The highest BCUT2D eigenvalue weighted by atomic mass is 16.5. The van der Waals surface area contributed by atoms with Gasteiger partial charge in [0.1, 0.15) is 0 Å². The van der Waals surface area contributed by atoms with Crippen molar-refractivity contribution in [2.75, 3.05) is 13.2 Å². The molecule has 0 aliphatic heterocycles. The summed E-state index contributed by atoms with van der Waals surface area (Å²) in [7, 11) is 0. The van der Waals surface area contributed by atoms with Gasteiger partial charge in [-0.3, -0.25) is 9.59 Å². The fourth-order valence-electron chi connectivity index (χ4n) is 5.96. The minimum atomic E-state index is -0.861. The molecule has 6 nitrogen and oxygen atoms in total. The number of esters is 1. The van der Waals surface area contributed by atoms with Crippen LogP contribution in [-0.2, 0) is 14.3 Å². The topological polar surface area (TPSA) is 95.9 Å². The number of unbranched alkanes of at least 4 members (excludes halogenated alkanes) is 21. The molecular weight excluding hydrogens is 634 g/mol. The molecule has 51 heavy (non-hydrogen) atoms. The summed E-state index contributed by atoms with van der Waals surface area (Å²) in [4.78, 5) is 24.3. The van der Waals surface area contributed by atoms with Crippen LogP contribution in [-0.4, -0.2) is 47.4 Å². The Morgan fingerprint density at radius 1 is 0.549 bits per heavy atom. The van der Waals surface area contributed by atoms with Gasteiger partial charge in [-0.2, -0.15) is 0 Å². The van der Waals surface area contributed by atoms with E-state index >= 15 is 0 Å². The molecule has 0 aromatic heterocycles. The van der Waals surface area contributed by atoms with Crippen molar-refractivity contribution < 1.29 is 24.5 Å². The molecule has 0 saturated carbocycles. The van der Waals surface area contributed by atoms with Crippen molar-refractivity contribution in [3.8, 4) is 0 Å². The number of carbonyl (C=O) groups is 2. The second-order valence-electron chi connectivity index (χ2n) is 14.3. The van der Waals surface area contributed by atoms with E-state index in [9.17, 15) is 19.8 Å². The van der Waals surface area contributed by atoms with E-state index < -0.39 is 12.1 Å². The molecule has 0 fully saturated rings. The van der Waals surface area contributed by atoms with Gasteiger partial charge in [-0.1, -0.05) is 152 Å². The summed E-state index contributed by atoms with van der Waals surface area (Å²) in [5, 5.41) is 22.8. The normalized spacial score (nSPS) is 13.3. The van der Waals surface area contributed by atoms with Crippen molar-refractivity contribution in [3.05, 3.63) is 48.6 Å². The van der Waals surface area contributed by atoms with E-state index in [4.69, 9.17) is 4.74 Å². The summed E-state index contributed by atoms with van der Waals surface area (Å²) >= 11 is 0. The van der Waals surface area contributed by atoms with Gasteiger partial charge in [0, 0.05) is 12.8 Å². The van der Waals surface area contributed by atoms with Crippen LogP contribution in [0, 0.1) is 0 Å². The van der Waals surface area contributed by atoms with Gasteiger partial charge in [0.05, 0.1) is 25.4 Å². The smallest absolute Gasteiger partial charge is 0.305 e. The number of ether oxygens (including phenoxy) is 1. The van der Waals surface area contributed by atoms with E-state index in [1.807, 2.05) is 6.08 Å². The zero-order valence-electron chi connectivity index (χ0n) is 33.3. The van der Waals surface area contributed by atoms with Crippen LogP contribution in [0.3, 0.4) is 0 Å². The Bertz CT molecular complexity index is 880. The lowest BCUT2D eigenvalue weighted by Crippen LogP contribution is -2.45. The van der Waals surface area contributed by atoms with Gasteiger partial charge in [0.2, 0.25) is 5.91 Å². The lowest BCUT2D eigenvalue weighted by Gasteiger charge is -2.20. The predicted octanol–water partition coefficient (Wildman–Crippen LogP) is 11.9. The van der Waals surface area contributed by atoms with Gasteiger partial charge in [-0.25, -0.2) is 0 Å². The van der Waals surface area contributed by atoms with Crippen molar-refractivity contribution in [2.45, 2.75) is 212 Å². The van der Waals surface area contributed by atoms with Crippen LogP contribution in [0.1, 0.15) is 200 Å². The average Bonchev–Trinajstić information content (AvgIpc) is 3.13. The van der Waals surface area contributed by atoms with E-state index in [1.54, 1.807) is 6.08 Å². The van der Waals surface area contributed by atoms with E-state index in [1.165, 1.54) is 77.0 Å². The Morgan fingerprint density at radius 2 is 1.02 bits per heavy atom. The summed E-state index contributed by atoms with van der Waals surface area (Å²) < 4.78 is 5.40. The molecule has 296 valence electrons. The summed E-state index contributed by atoms with van der Waals surface area (Å²) in [6, 6.07) is -0.648. The van der Waals surface area contributed by atoms with Gasteiger partial charge in [0.15, 0.2) is 0 Å². The Kier molecular flexibility index (Phi) is 38.9. The molecule has 2 unspecified atom stereocenters. The summed E-state index contributed by atoms with van der Waals surface area (Å²) in [5.41, 5.74) is 0. The second-order valence-corrected chi connectivity index (χ2v) is 14.3. The molecule has 3 N–H and O–H groups in total. The number of carbonyl (C=O) groups excluding carboxylic acids is 2. The van der Waals surface area contributed by atoms with Crippen molar-refractivity contribution in [1.29, 1.82) is 0 Å². The molecule has 0 spiro atoms. The largest absolute Gasteiger partial charge is 0.466 e. The third kappa shape index (κ3) is 37.4. The first kappa shape index (κ1) is 48.8. The highest BCUT2D eigenvalue weighted by Gasteiger charge is 2.17. The molecular formula is C45H81NO5. The lowest BCUT2D eigenvalue weighted by atomic mass is 10.1. The maximum atomic E-state index is 12.3. The van der Waals surface area contributed by atoms with Gasteiger partial charge in [0.25, 0.3) is 0 Å². The fourth-order valence-corrected chi connectivity index (χ4v) is 5.96. The van der Waals surface area contributed by atoms with Crippen molar-refractivity contribution in [1.82, 2.24) is 5.32 Å². The van der Waals surface area contributed by atoms with E-state index in [0.717, 1.165) is 96.3 Å². The van der Waals surface area contributed by atoms with Crippen molar-refractivity contribution in [2.24, 2.45) is 0 Å². The lowest BCUT2D eigenvalue weighted by molar-refractivity contribution is -0.143. The molecule has 6 heteroatoms. The van der Waals surface area contributed by atoms with Crippen molar-refractivity contribution in [3.63, 3.8) is 0 Å². The third-order valence-corrected chi connectivity index (χ3v) is 9.29. The molecule has 0 radical (unpaired) electrons. The zero-order chi connectivity index (χ0) is 37.3. The highest BCUT2D eigenvalue weighted by molar-refractivity contribution is 5.76. The fraction of sp³-hybridized carbons (Fsp3) is 0.778. The van der Waals surface area contributed by atoms with E-state index in [0.29, 0.717) is 19.4 Å². The first-order valence-electron chi connectivity index (χ1n) is 21.4. The number of aliphatic hydroxyl groups excluding tert-OH is 2. The van der Waals surface area contributed by atoms with Crippen LogP contribution >= 0.6 is 0 Å². The maximum absolute atomic E-state index is 12.3. The molecule has 2 atom stereocenters. The maximum Gasteiger partial charge on any atom is 0.305 e. The Labute approximate surface area is 315 Å². The molecule has 0 aliphatic carbocycles. The average molecular weight is 716 g/mol. The van der Waals surface area contributed by atoms with Crippen molar-refractivity contribution >= 4 is 11.9 Å². The van der Waals surface area contributed by atoms with E-state index in [-0.39, 0.29) is 18.5 Å². The monoisotopic (exact) mass is 716 g/mol. The first-order chi connectivity index (χ1) is 25.0. The highest BCUT2D eigenvalue weighted by Crippen LogP contribution is 2.12. The molecule has 0 aromatic carbocycles. The van der Waals surface area contributed by atoms with Gasteiger partial charge in [-0.05, 0) is 83.5 Å². The van der Waals surface area contributed by atoms with Crippen LogP contribution in [0.5, 0.6) is 0 Å². The number of nitrogens with one attached hydrogen (secondary N) is 1. The quantitative estimate of drug-likeness (QED) is 0.0336. The number of hydrogen-bond acceptors (Lipinski definition) is 5. The molecule has 0 rings (SSSR count). The van der Waals surface area contributed by atoms with Gasteiger partial charge in [-0.15, -0.1) is 0 Å². The molecule has 0 aromatic rings. The molecule has 0 bridgehead atoms. The Morgan fingerprint density at radius 3 is 1.59 bits per heavy atom. The van der Waals surface area contributed by atoms with E-state index in [2.05, 4.69) is 55.6 Å². The number of aliphatic hydroxyl groups is 2. The summed E-state index contributed by atoms with van der Waals surface area (Å²) in [6.45, 7) is 4.70. The van der Waals surface area contributed by atoms with Crippen LogP contribution in [0.4, 0.5) is 0 Å². The zero-order valence-corrected chi connectivity index (χ0v) is 33.3. The minimum Gasteiger partial charge on any atom is -0.466 e. The Balaban J connectivity index is 3.59. The minimum absolute atomic E-state index is 0.0503. The summed E-state index contributed by atoms with van der Waals surface area (Å²) in [6.07, 6.45) is 48.1. The number of hydrogen-bond donors (Lipinski definition) is 3. The van der Waals surface area contributed by atoms with Gasteiger partial charge < -0.3 is 20.3 Å². The molecule has 1 amide bonds. The third-order valence-electron chi connectivity index (χ3n) is 9.29. The molecule has 0 heterocycles. The number of allylic oxidation sites excluding steroid dienone is 7. The second kappa shape index (κ2) is 40.6. The van der Waals surface area contributed by atoms with Gasteiger partial charge >= 0.3 is 5.97 Å². The van der Waals surface area contributed by atoms with Crippen LogP contribution in [0.2, 0.25) is 0 Å². The first-order valence-corrected chi connectivity index (χ1v) is 21.4. The predicted molar refractivity (Wildman–Crippen MR) is 218 cm³/mol. The standard InChI is InChI=1S/C45H81NO5/c1-3-5-7-9-11-13-15-16-19-23-27-31-35-39-45(50)51-40-36-32-28-24-20-17-18-22-26-30-34-38-44(49)46-42(41-47)43(48)37-33-29-25-21-14-12-10-8-6-4-2/h7,9,13,15,20,24,33,37,42-43,47-48H,3-6,8,10-12,14,16-19,21-23,25-32,34-36,38-41H2,1-2H3,(H,46,49)/b9-7-,15-13-,24-20-,37-33+. The van der Waals surface area contributed by atoms with Crippen LogP contribution in [0.25, 0.3) is 0 Å². The number of amides is 1.